The minimum absolute atomic E-state index is 0.0156. The molecule has 1 amide bonds. The second-order valence-electron chi connectivity index (χ2n) is 7.14. The summed E-state index contributed by atoms with van der Waals surface area (Å²) >= 11 is 0. The Morgan fingerprint density at radius 1 is 1.17 bits per heavy atom. The summed E-state index contributed by atoms with van der Waals surface area (Å²) in [7, 11) is 1.74. The van der Waals surface area contributed by atoms with Gasteiger partial charge in [-0.1, -0.05) is 6.07 Å². The van der Waals surface area contributed by atoms with E-state index in [0.717, 1.165) is 11.4 Å². The number of aryl methyl sites for hydroxylation is 1. The first-order chi connectivity index (χ1) is 14.0. The number of carbonyl (C=O) groups is 1. The minimum atomic E-state index is -0.0879. The van der Waals surface area contributed by atoms with E-state index in [1.807, 2.05) is 30.0 Å². The molecule has 0 spiro atoms. The molecule has 1 saturated heterocycles. The van der Waals surface area contributed by atoms with Crippen LogP contribution in [0, 0.1) is 6.92 Å². The Morgan fingerprint density at radius 3 is 2.66 bits per heavy atom. The molecule has 150 valence electrons. The van der Waals surface area contributed by atoms with Gasteiger partial charge in [0.05, 0.1) is 5.69 Å². The summed E-state index contributed by atoms with van der Waals surface area (Å²) in [6.07, 6.45) is 2.91. The maximum Gasteiger partial charge on any atom is 0.254 e. The molecular weight excluding hydrogens is 372 g/mol. The van der Waals surface area contributed by atoms with Crippen molar-refractivity contribution in [3.63, 3.8) is 0 Å². The summed E-state index contributed by atoms with van der Waals surface area (Å²) in [4.78, 5) is 26.7. The summed E-state index contributed by atoms with van der Waals surface area (Å²) in [6, 6.07) is 10.6. The highest BCUT2D eigenvalue weighted by Gasteiger charge is 2.25. The Hall–Kier alpha value is -3.49. The lowest BCUT2D eigenvalue weighted by atomic mass is 10.1. The van der Waals surface area contributed by atoms with Gasteiger partial charge in [-0.05, 0) is 41.6 Å². The van der Waals surface area contributed by atoms with Crippen LogP contribution in [0.3, 0.4) is 0 Å². The van der Waals surface area contributed by atoms with E-state index >= 15 is 0 Å². The minimum Gasteiger partial charge on any atom is -0.490 e. The standard InChI is InChI=1S/C20H22N6O3/c1-14-10-18(12-19(27)24(14)2)29-17-6-8-25(9-7-17)20(28)15-4-3-5-16(11-15)26-13-21-22-23-26/h3-5,10-13,17H,6-9H2,1-2H3. The molecule has 0 radical (unpaired) electrons. The smallest absolute Gasteiger partial charge is 0.254 e. The molecule has 1 fully saturated rings. The SMILES string of the molecule is Cc1cc(OC2CCN(C(=O)c3cccc(-n4cnnn4)c3)CC2)cc(=O)n1C. The molecule has 1 aliphatic rings. The second kappa shape index (κ2) is 7.86. The lowest BCUT2D eigenvalue weighted by Gasteiger charge is -2.32. The van der Waals surface area contributed by atoms with E-state index in [0.29, 0.717) is 37.2 Å². The predicted molar refractivity (Wildman–Crippen MR) is 105 cm³/mol. The fraction of sp³-hybridized carbons (Fsp3) is 0.350. The molecule has 1 aromatic carbocycles. The number of pyridine rings is 1. The topological polar surface area (TPSA) is 95.1 Å². The molecule has 29 heavy (non-hydrogen) atoms. The van der Waals surface area contributed by atoms with E-state index in [4.69, 9.17) is 4.74 Å². The number of hydrogen-bond acceptors (Lipinski definition) is 6. The highest BCUT2D eigenvalue weighted by Crippen LogP contribution is 2.20. The summed E-state index contributed by atoms with van der Waals surface area (Å²) in [6.45, 7) is 3.07. The first-order valence-corrected chi connectivity index (χ1v) is 9.48. The van der Waals surface area contributed by atoms with Gasteiger partial charge in [-0.15, -0.1) is 5.10 Å². The second-order valence-corrected chi connectivity index (χ2v) is 7.14. The van der Waals surface area contributed by atoms with Gasteiger partial charge in [0.2, 0.25) is 0 Å². The molecule has 9 nitrogen and oxygen atoms in total. The number of likely N-dealkylation sites (tertiary alicyclic amines) is 1. The molecule has 3 heterocycles. The zero-order valence-electron chi connectivity index (χ0n) is 16.4. The van der Waals surface area contributed by atoms with Crippen LogP contribution < -0.4 is 10.3 Å². The Balaban J connectivity index is 1.39. The molecule has 0 N–H and O–H groups in total. The number of aromatic nitrogens is 5. The van der Waals surface area contributed by atoms with Gasteiger partial charge >= 0.3 is 0 Å². The van der Waals surface area contributed by atoms with Gasteiger partial charge in [0.1, 0.15) is 18.2 Å². The van der Waals surface area contributed by atoms with Crippen molar-refractivity contribution < 1.29 is 9.53 Å². The highest BCUT2D eigenvalue weighted by molar-refractivity contribution is 5.94. The van der Waals surface area contributed by atoms with Gasteiger partial charge in [-0.2, -0.15) is 0 Å². The van der Waals surface area contributed by atoms with Crippen LogP contribution in [0.15, 0.2) is 47.5 Å². The predicted octanol–water partition coefficient (Wildman–Crippen LogP) is 1.35. The fourth-order valence-corrected chi connectivity index (χ4v) is 3.42. The Labute approximate surface area is 167 Å². The van der Waals surface area contributed by atoms with E-state index in [2.05, 4.69) is 15.5 Å². The van der Waals surface area contributed by atoms with Crippen LogP contribution in [0.25, 0.3) is 5.69 Å². The lowest BCUT2D eigenvalue weighted by molar-refractivity contribution is 0.0595. The number of amides is 1. The first-order valence-electron chi connectivity index (χ1n) is 9.48. The Morgan fingerprint density at radius 2 is 1.97 bits per heavy atom. The monoisotopic (exact) mass is 394 g/mol. The van der Waals surface area contributed by atoms with Gasteiger partial charge < -0.3 is 14.2 Å². The van der Waals surface area contributed by atoms with Crippen molar-refractivity contribution in [3.8, 4) is 11.4 Å². The van der Waals surface area contributed by atoms with Crippen molar-refractivity contribution in [2.75, 3.05) is 13.1 Å². The first kappa shape index (κ1) is 18.9. The van der Waals surface area contributed by atoms with Crippen molar-refractivity contribution >= 4 is 5.91 Å². The molecule has 0 aliphatic carbocycles. The zero-order valence-corrected chi connectivity index (χ0v) is 16.4. The number of carbonyl (C=O) groups excluding carboxylic acids is 1. The number of tetrazole rings is 1. The van der Waals surface area contributed by atoms with Crippen LogP contribution >= 0.6 is 0 Å². The Bertz CT molecular complexity index is 1070. The summed E-state index contributed by atoms with van der Waals surface area (Å²) in [5.74, 6) is 0.562. The quantitative estimate of drug-likeness (QED) is 0.663. The van der Waals surface area contributed by atoms with Crippen molar-refractivity contribution in [1.29, 1.82) is 0 Å². The maximum atomic E-state index is 12.9. The molecule has 0 atom stereocenters. The number of benzene rings is 1. The van der Waals surface area contributed by atoms with Crippen LogP contribution in [-0.4, -0.2) is 54.8 Å². The molecule has 0 bridgehead atoms. The molecule has 0 unspecified atom stereocenters. The van der Waals surface area contributed by atoms with Crippen molar-refractivity contribution in [2.24, 2.45) is 7.05 Å². The number of nitrogens with zero attached hydrogens (tertiary/aromatic N) is 6. The third kappa shape index (κ3) is 4.03. The van der Waals surface area contributed by atoms with E-state index < -0.39 is 0 Å². The van der Waals surface area contributed by atoms with Gasteiger partial charge in [0.15, 0.2) is 0 Å². The fourth-order valence-electron chi connectivity index (χ4n) is 3.42. The van der Waals surface area contributed by atoms with Crippen molar-refractivity contribution in [3.05, 3.63) is 64.3 Å². The highest BCUT2D eigenvalue weighted by atomic mass is 16.5. The molecule has 1 aliphatic heterocycles. The lowest BCUT2D eigenvalue weighted by Crippen LogP contribution is -2.41. The molecule has 4 rings (SSSR count). The summed E-state index contributed by atoms with van der Waals surface area (Å²) in [5, 5.41) is 11.1. The van der Waals surface area contributed by atoms with Crippen molar-refractivity contribution in [2.45, 2.75) is 25.9 Å². The van der Waals surface area contributed by atoms with Gasteiger partial charge in [0, 0.05) is 50.3 Å². The van der Waals surface area contributed by atoms with E-state index in [1.165, 1.54) is 17.1 Å². The number of hydrogen-bond donors (Lipinski definition) is 0. The Kier molecular flexibility index (Phi) is 5.11. The van der Waals surface area contributed by atoms with Crippen LogP contribution in [-0.2, 0) is 7.05 Å². The largest absolute Gasteiger partial charge is 0.490 e. The van der Waals surface area contributed by atoms with Crippen molar-refractivity contribution in [1.82, 2.24) is 29.7 Å². The average Bonchev–Trinajstić information content (AvgIpc) is 3.27. The van der Waals surface area contributed by atoms with Crippen LogP contribution in [0.2, 0.25) is 0 Å². The molecule has 9 heteroatoms. The molecule has 2 aromatic heterocycles. The van der Waals surface area contributed by atoms with E-state index in [-0.39, 0.29) is 17.6 Å². The number of piperidine rings is 1. The van der Waals surface area contributed by atoms with Crippen LogP contribution in [0.4, 0.5) is 0 Å². The zero-order chi connectivity index (χ0) is 20.4. The van der Waals surface area contributed by atoms with E-state index in [1.54, 1.807) is 23.7 Å². The third-order valence-electron chi connectivity index (χ3n) is 5.22. The van der Waals surface area contributed by atoms with Gasteiger partial charge in [0.25, 0.3) is 11.5 Å². The van der Waals surface area contributed by atoms with Crippen LogP contribution in [0.5, 0.6) is 5.75 Å². The third-order valence-corrected chi connectivity index (χ3v) is 5.22. The summed E-state index contributed by atoms with van der Waals surface area (Å²) in [5.41, 5.74) is 2.09. The molecule has 0 saturated carbocycles. The molecular formula is C20H22N6O3. The van der Waals surface area contributed by atoms with Crippen LogP contribution in [0.1, 0.15) is 28.9 Å². The van der Waals surface area contributed by atoms with Gasteiger partial charge in [-0.3, -0.25) is 9.59 Å². The summed E-state index contributed by atoms with van der Waals surface area (Å²) < 4.78 is 9.09. The normalized spacial score (nSPS) is 14.8. The number of ether oxygens (including phenoxy) is 1. The number of rotatable bonds is 4. The van der Waals surface area contributed by atoms with E-state index in [9.17, 15) is 9.59 Å². The maximum absolute atomic E-state index is 12.9. The average molecular weight is 394 g/mol. The van der Waals surface area contributed by atoms with Gasteiger partial charge in [-0.25, -0.2) is 4.68 Å². The molecule has 3 aromatic rings.